The van der Waals surface area contributed by atoms with Crippen LogP contribution in [0.15, 0.2) is 42.5 Å². The molecule has 0 aliphatic carbocycles. The zero-order valence-corrected chi connectivity index (χ0v) is 15.0. The first-order valence-corrected chi connectivity index (χ1v) is 8.52. The summed E-state index contributed by atoms with van der Waals surface area (Å²) in [5.74, 6) is 0.233. The van der Waals surface area contributed by atoms with Gasteiger partial charge in [0.25, 0.3) is 5.91 Å². The normalized spacial score (nSPS) is 16.2. The van der Waals surface area contributed by atoms with Crippen LogP contribution >= 0.6 is 23.2 Å². The number of halogens is 2. The van der Waals surface area contributed by atoms with E-state index in [9.17, 15) is 9.59 Å². The lowest BCUT2D eigenvalue weighted by Crippen LogP contribution is -2.45. The van der Waals surface area contributed by atoms with E-state index in [0.717, 1.165) is 0 Å². The Labute approximate surface area is 155 Å². The molecule has 1 aliphatic heterocycles. The molecule has 1 aliphatic rings. The molecule has 0 saturated carbocycles. The van der Waals surface area contributed by atoms with E-state index in [4.69, 9.17) is 27.9 Å². The van der Waals surface area contributed by atoms with Crippen molar-refractivity contribution in [3.8, 4) is 5.75 Å². The van der Waals surface area contributed by atoms with Gasteiger partial charge >= 0.3 is 0 Å². The third kappa shape index (κ3) is 4.06. The number of nitrogens with one attached hydrogen (secondary N) is 1. The molecule has 1 atom stereocenters. The Bertz CT molecular complexity index is 805. The van der Waals surface area contributed by atoms with Crippen molar-refractivity contribution in [2.24, 2.45) is 0 Å². The first-order valence-electron chi connectivity index (χ1n) is 7.77. The van der Waals surface area contributed by atoms with Gasteiger partial charge in [0, 0.05) is 28.7 Å². The van der Waals surface area contributed by atoms with Crippen LogP contribution in [0.3, 0.4) is 0 Å². The summed E-state index contributed by atoms with van der Waals surface area (Å²) < 4.78 is 5.58. The largest absolute Gasteiger partial charge is 0.479 e. The van der Waals surface area contributed by atoms with Crippen molar-refractivity contribution in [2.45, 2.75) is 19.4 Å². The number of carbonyl (C=O) groups is 2. The second-order valence-electron chi connectivity index (χ2n) is 5.67. The molecule has 1 N–H and O–H groups in total. The number of carbonyl (C=O) groups excluding carboxylic acids is 2. The zero-order chi connectivity index (χ0) is 18.0. The number of rotatable bonds is 4. The van der Waals surface area contributed by atoms with Gasteiger partial charge < -0.3 is 15.0 Å². The van der Waals surface area contributed by atoms with Crippen LogP contribution in [-0.2, 0) is 9.59 Å². The number of fused-ring (bicyclic) bond motifs is 1. The maximum absolute atomic E-state index is 12.4. The summed E-state index contributed by atoms with van der Waals surface area (Å²) in [5, 5.41) is 3.61. The van der Waals surface area contributed by atoms with E-state index in [0.29, 0.717) is 27.2 Å². The molecular formula is C18H16Cl2N2O3. The third-order valence-corrected chi connectivity index (χ3v) is 4.22. The summed E-state index contributed by atoms with van der Waals surface area (Å²) in [5.41, 5.74) is 1.19. The highest BCUT2D eigenvalue weighted by molar-refractivity contribution is 6.35. The monoisotopic (exact) mass is 378 g/mol. The van der Waals surface area contributed by atoms with Gasteiger partial charge in [-0.1, -0.05) is 35.3 Å². The summed E-state index contributed by atoms with van der Waals surface area (Å²) in [6, 6.07) is 12.1. The highest BCUT2D eigenvalue weighted by Crippen LogP contribution is 2.33. The first kappa shape index (κ1) is 17.6. The van der Waals surface area contributed by atoms with Crippen molar-refractivity contribution in [1.29, 1.82) is 0 Å². The van der Waals surface area contributed by atoms with E-state index in [-0.39, 0.29) is 24.8 Å². The van der Waals surface area contributed by atoms with E-state index < -0.39 is 6.10 Å². The average molecular weight is 379 g/mol. The van der Waals surface area contributed by atoms with Gasteiger partial charge in [0.15, 0.2) is 6.10 Å². The molecule has 2 amide bonds. The fourth-order valence-corrected chi connectivity index (χ4v) is 3.18. The Morgan fingerprint density at radius 3 is 2.60 bits per heavy atom. The van der Waals surface area contributed by atoms with Crippen LogP contribution in [0.2, 0.25) is 10.0 Å². The molecule has 0 radical (unpaired) electrons. The van der Waals surface area contributed by atoms with Crippen molar-refractivity contribution >= 4 is 46.4 Å². The topological polar surface area (TPSA) is 58.6 Å². The Balaban J connectivity index is 1.68. The molecule has 7 heteroatoms. The van der Waals surface area contributed by atoms with Crippen molar-refractivity contribution in [1.82, 2.24) is 0 Å². The molecule has 2 aromatic rings. The molecular weight excluding hydrogens is 363 g/mol. The number of ether oxygens (including phenoxy) is 1. The van der Waals surface area contributed by atoms with Crippen LogP contribution in [0.1, 0.15) is 13.3 Å². The predicted octanol–water partition coefficient (Wildman–Crippen LogP) is 4.14. The predicted molar refractivity (Wildman–Crippen MR) is 98.6 cm³/mol. The van der Waals surface area contributed by atoms with Crippen molar-refractivity contribution < 1.29 is 14.3 Å². The highest BCUT2D eigenvalue weighted by atomic mass is 35.5. The molecule has 0 bridgehead atoms. The summed E-state index contributed by atoms with van der Waals surface area (Å²) in [6.45, 7) is 1.95. The fourth-order valence-electron chi connectivity index (χ4n) is 2.65. The van der Waals surface area contributed by atoms with E-state index in [1.807, 2.05) is 12.1 Å². The molecule has 0 fully saturated rings. The van der Waals surface area contributed by atoms with E-state index in [1.54, 1.807) is 42.2 Å². The van der Waals surface area contributed by atoms with Gasteiger partial charge in [-0.2, -0.15) is 0 Å². The molecule has 0 unspecified atom stereocenters. The zero-order valence-electron chi connectivity index (χ0n) is 13.5. The van der Waals surface area contributed by atoms with Crippen LogP contribution in [0.4, 0.5) is 11.4 Å². The van der Waals surface area contributed by atoms with Crippen molar-refractivity contribution in [3.05, 3.63) is 52.5 Å². The number of amides is 2. The number of hydrogen-bond acceptors (Lipinski definition) is 3. The lowest BCUT2D eigenvalue weighted by molar-refractivity contribution is -0.125. The lowest BCUT2D eigenvalue weighted by atomic mass is 10.1. The maximum Gasteiger partial charge on any atom is 0.267 e. The van der Waals surface area contributed by atoms with Gasteiger partial charge in [-0.3, -0.25) is 9.59 Å². The smallest absolute Gasteiger partial charge is 0.267 e. The molecule has 25 heavy (non-hydrogen) atoms. The number of hydrogen-bond donors (Lipinski definition) is 1. The Morgan fingerprint density at radius 1 is 1.20 bits per heavy atom. The van der Waals surface area contributed by atoms with Crippen LogP contribution in [-0.4, -0.2) is 24.5 Å². The Morgan fingerprint density at radius 2 is 1.88 bits per heavy atom. The van der Waals surface area contributed by atoms with Gasteiger partial charge in [0.1, 0.15) is 5.75 Å². The van der Waals surface area contributed by atoms with E-state index in [1.165, 1.54) is 0 Å². The number of benzene rings is 2. The first-order chi connectivity index (χ1) is 11.9. The molecule has 5 nitrogen and oxygen atoms in total. The number of nitrogens with zero attached hydrogens (tertiary/aromatic N) is 1. The fraction of sp³-hybridized carbons (Fsp3) is 0.222. The minimum atomic E-state index is -0.579. The van der Waals surface area contributed by atoms with Gasteiger partial charge in [-0.15, -0.1) is 0 Å². The second-order valence-corrected chi connectivity index (χ2v) is 6.55. The quantitative estimate of drug-likeness (QED) is 0.869. The number of anilines is 2. The minimum Gasteiger partial charge on any atom is -0.479 e. The average Bonchev–Trinajstić information content (AvgIpc) is 2.54. The molecule has 3 rings (SSSR count). The van der Waals surface area contributed by atoms with Gasteiger partial charge in [-0.25, -0.2) is 0 Å². The standard InChI is InChI=1S/C18H16Cl2N2O3/c1-11-18(24)22(15-4-2-3-5-16(15)25-11)7-6-17(23)21-14-9-12(19)8-13(20)10-14/h2-5,8-11H,6-7H2,1H3,(H,21,23)/t11-/m1/s1. The third-order valence-electron chi connectivity index (χ3n) is 3.78. The van der Waals surface area contributed by atoms with Gasteiger partial charge in [0.2, 0.25) is 5.91 Å². The van der Waals surface area contributed by atoms with Crippen molar-refractivity contribution in [2.75, 3.05) is 16.8 Å². The number of para-hydroxylation sites is 2. The molecule has 0 aromatic heterocycles. The van der Waals surface area contributed by atoms with Crippen molar-refractivity contribution in [3.63, 3.8) is 0 Å². The van der Waals surface area contributed by atoms with Crippen LogP contribution in [0.25, 0.3) is 0 Å². The van der Waals surface area contributed by atoms with Gasteiger partial charge in [-0.05, 0) is 37.3 Å². The van der Waals surface area contributed by atoms with E-state index >= 15 is 0 Å². The van der Waals surface area contributed by atoms with Crippen LogP contribution in [0.5, 0.6) is 5.75 Å². The SMILES string of the molecule is C[C@H]1Oc2ccccc2N(CCC(=O)Nc2cc(Cl)cc(Cl)c2)C1=O. The highest BCUT2D eigenvalue weighted by Gasteiger charge is 2.31. The minimum absolute atomic E-state index is 0.136. The lowest BCUT2D eigenvalue weighted by Gasteiger charge is -2.32. The van der Waals surface area contributed by atoms with Crippen LogP contribution in [0, 0.1) is 0 Å². The molecule has 1 heterocycles. The molecule has 0 saturated heterocycles. The second kappa shape index (κ2) is 7.33. The van der Waals surface area contributed by atoms with Gasteiger partial charge in [0.05, 0.1) is 5.69 Å². The summed E-state index contributed by atoms with van der Waals surface area (Å²) in [4.78, 5) is 26.2. The molecule has 2 aromatic carbocycles. The summed E-state index contributed by atoms with van der Waals surface area (Å²) >= 11 is 11.8. The maximum atomic E-state index is 12.4. The summed E-state index contributed by atoms with van der Waals surface area (Å²) in [7, 11) is 0. The molecule has 0 spiro atoms. The van der Waals surface area contributed by atoms with E-state index in [2.05, 4.69) is 5.32 Å². The van der Waals surface area contributed by atoms with Crippen LogP contribution < -0.4 is 15.0 Å². The Hall–Kier alpha value is -2.24. The summed E-state index contributed by atoms with van der Waals surface area (Å²) in [6.07, 6.45) is -0.443. The molecule has 130 valence electrons. The Kier molecular flexibility index (Phi) is 5.16.